The number of ether oxygens (including phenoxy) is 1. The van der Waals surface area contributed by atoms with Gasteiger partial charge in [0.25, 0.3) is 0 Å². The van der Waals surface area contributed by atoms with Crippen molar-refractivity contribution in [2.75, 3.05) is 0 Å². The second-order valence-corrected chi connectivity index (χ2v) is 4.23. The number of carboxylic acid groups (broad SMARTS) is 1. The second-order valence-electron chi connectivity index (χ2n) is 4.23. The molecule has 3 heteroatoms. The average Bonchev–Trinajstić information content (AvgIpc) is 2.19. The predicted molar refractivity (Wildman–Crippen MR) is 56.0 cm³/mol. The van der Waals surface area contributed by atoms with E-state index in [9.17, 15) is 4.79 Å². The summed E-state index contributed by atoms with van der Waals surface area (Å²) >= 11 is 0. The minimum atomic E-state index is -1.10. The largest absolute Gasteiger partial charge is 0.478 e. The van der Waals surface area contributed by atoms with Crippen LogP contribution >= 0.6 is 0 Å². The van der Waals surface area contributed by atoms with Gasteiger partial charge in [0.1, 0.15) is 5.75 Å². The van der Waals surface area contributed by atoms with Crippen LogP contribution in [0.3, 0.4) is 0 Å². The third kappa shape index (κ3) is 1.48. The second kappa shape index (κ2) is 3.26. The highest BCUT2D eigenvalue weighted by atomic mass is 16.5. The van der Waals surface area contributed by atoms with E-state index < -0.39 is 11.6 Å². The van der Waals surface area contributed by atoms with E-state index in [4.69, 9.17) is 9.84 Å². The Morgan fingerprint density at radius 3 is 2.87 bits per heavy atom. The summed E-state index contributed by atoms with van der Waals surface area (Å²) in [4.78, 5) is 11.2. The minimum absolute atomic E-state index is 0.0232. The van der Waals surface area contributed by atoms with Gasteiger partial charge in [0.05, 0.1) is 0 Å². The Morgan fingerprint density at radius 2 is 2.20 bits per heavy atom. The maximum atomic E-state index is 11.2. The summed E-state index contributed by atoms with van der Waals surface area (Å²) in [6, 6.07) is 7.60. The molecule has 0 aliphatic carbocycles. The molecule has 0 fully saturated rings. The third-order valence-corrected chi connectivity index (χ3v) is 3.19. The first kappa shape index (κ1) is 10.0. The quantitative estimate of drug-likeness (QED) is 0.765. The van der Waals surface area contributed by atoms with Gasteiger partial charge in [-0.2, -0.15) is 0 Å². The molecule has 1 aliphatic heterocycles. The van der Waals surface area contributed by atoms with Crippen LogP contribution in [0.1, 0.15) is 19.4 Å². The summed E-state index contributed by atoms with van der Waals surface area (Å²) in [6.07, 6.45) is 0.749. The lowest BCUT2D eigenvalue weighted by molar-refractivity contribution is -0.159. The first-order chi connectivity index (χ1) is 7.04. The molecule has 1 aromatic carbocycles. The van der Waals surface area contributed by atoms with Gasteiger partial charge in [-0.15, -0.1) is 0 Å². The number of para-hydroxylation sites is 1. The average molecular weight is 206 g/mol. The van der Waals surface area contributed by atoms with Gasteiger partial charge >= 0.3 is 5.97 Å². The topological polar surface area (TPSA) is 46.5 Å². The number of aliphatic carboxylic acids is 1. The maximum absolute atomic E-state index is 11.2. The van der Waals surface area contributed by atoms with E-state index in [1.165, 1.54) is 0 Å². The van der Waals surface area contributed by atoms with Crippen LogP contribution in [-0.4, -0.2) is 16.7 Å². The predicted octanol–water partition coefficient (Wildman–Crippen LogP) is 2.10. The van der Waals surface area contributed by atoms with Crippen molar-refractivity contribution < 1.29 is 14.6 Å². The molecule has 80 valence electrons. The van der Waals surface area contributed by atoms with Crippen molar-refractivity contribution in [2.24, 2.45) is 5.92 Å². The molecule has 3 nitrogen and oxygen atoms in total. The van der Waals surface area contributed by atoms with Crippen molar-refractivity contribution in [1.82, 2.24) is 0 Å². The van der Waals surface area contributed by atoms with Crippen LogP contribution in [0, 0.1) is 5.92 Å². The van der Waals surface area contributed by atoms with E-state index in [1.54, 1.807) is 6.92 Å². The molecule has 0 saturated heterocycles. The monoisotopic (exact) mass is 206 g/mol. The Bertz CT molecular complexity index is 400. The lowest BCUT2D eigenvalue weighted by Gasteiger charge is -2.37. The fraction of sp³-hybridized carbons (Fsp3) is 0.417. The van der Waals surface area contributed by atoms with E-state index in [-0.39, 0.29) is 5.92 Å². The summed E-state index contributed by atoms with van der Waals surface area (Å²) in [5.41, 5.74) is -0.0160. The number of rotatable bonds is 1. The molecule has 0 saturated carbocycles. The molecule has 0 aromatic heterocycles. The van der Waals surface area contributed by atoms with Gasteiger partial charge in [0, 0.05) is 5.92 Å². The van der Waals surface area contributed by atoms with E-state index in [2.05, 4.69) is 0 Å². The molecule has 2 unspecified atom stereocenters. The minimum Gasteiger partial charge on any atom is -0.478 e. The van der Waals surface area contributed by atoms with Crippen molar-refractivity contribution in [2.45, 2.75) is 25.9 Å². The molecule has 1 heterocycles. The molecule has 15 heavy (non-hydrogen) atoms. The van der Waals surface area contributed by atoms with Crippen molar-refractivity contribution in [1.29, 1.82) is 0 Å². The van der Waals surface area contributed by atoms with Gasteiger partial charge in [-0.05, 0) is 25.0 Å². The normalized spacial score (nSPS) is 29.1. The third-order valence-electron chi connectivity index (χ3n) is 3.19. The van der Waals surface area contributed by atoms with Crippen LogP contribution in [0.5, 0.6) is 5.75 Å². The molecule has 2 rings (SSSR count). The Kier molecular flexibility index (Phi) is 2.18. The lowest BCUT2D eigenvalue weighted by atomic mass is 9.83. The van der Waals surface area contributed by atoms with Gasteiger partial charge in [-0.3, -0.25) is 0 Å². The van der Waals surface area contributed by atoms with Crippen LogP contribution in [-0.2, 0) is 11.2 Å². The standard InChI is InChI=1S/C12H14O3/c1-8-7-9-5-3-4-6-10(9)15-12(8,2)11(13)14/h3-6,8H,7H2,1-2H3,(H,13,14). The van der Waals surface area contributed by atoms with Crippen molar-refractivity contribution in [3.63, 3.8) is 0 Å². The van der Waals surface area contributed by atoms with E-state index in [0.717, 1.165) is 12.0 Å². The zero-order valence-electron chi connectivity index (χ0n) is 8.86. The fourth-order valence-electron chi connectivity index (χ4n) is 1.88. The van der Waals surface area contributed by atoms with Gasteiger partial charge in [0.2, 0.25) is 5.60 Å². The Hall–Kier alpha value is -1.51. The van der Waals surface area contributed by atoms with Crippen LogP contribution in [0.15, 0.2) is 24.3 Å². The smallest absolute Gasteiger partial charge is 0.348 e. The van der Waals surface area contributed by atoms with Crippen molar-refractivity contribution in [3.8, 4) is 5.75 Å². The Balaban J connectivity index is 2.41. The molecule has 0 spiro atoms. The molecule has 0 amide bonds. The van der Waals surface area contributed by atoms with Crippen molar-refractivity contribution >= 4 is 5.97 Å². The van der Waals surface area contributed by atoms with Gasteiger partial charge in [0.15, 0.2) is 0 Å². The lowest BCUT2D eigenvalue weighted by Crippen LogP contribution is -2.50. The maximum Gasteiger partial charge on any atom is 0.348 e. The highest BCUT2D eigenvalue weighted by molar-refractivity contribution is 5.78. The molecule has 1 aromatic rings. The van der Waals surface area contributed by atoms with E-state index in [1.807, 2.05) is 31.2 Å². The molecular weight excluding hydrogens is 192 g/mol. The van der Waals surface area contributed by atoms with Gasteiger partial charge in [-0.1, -0.05) is 25.1 Å². The van der Waals surface area contributed by atoms with Gasteiger partial charge in [-0.25, -0.2) is 4.79 Å². The summed E-state index contributed by atoms with van der Waals surface area (Å²) in [7, 11) is 0. The van der Waals surface area contributed by atoms with Crippen LogP contribution in [0.2, 0.25) is 0 Å². The summed E-state index contributed by atoms with van der Waals surface area (Å²) in [5.74, 6) is -0.227. The zero-order chi connectivity index (χ0) is 11.1. The first-order valence-corrected chi connectivity index (χ1v) is 5.04. The number of carbonyl (C=O) groups is 1. The summed E-state index contributed by atoms with van der Waals surface area (Å²) in [5, 5.41) is 9.17. The number of fused-ring (bicyclic) bond motifs is 1. The fourth-order valence-corrected chi connectivity index (χ4v) is 1.88. The van der Waals surface area contributed by atoms with Crippen LogP contribution < -0.4 is 4.74 Å². The zero-order valence-corrected chi connectivity index (χ0v) is 8.86. The molecule has 0 bridgehead atoms. The van der Waals surface area contributed by atoms with Crippen molar-refractivity contribution in [3.05, 3.63) is 29.8 Å². The molecule has 0 radical (unpaired) electrons. The van der Waals surface area contributed by atoms with Gasteiger partial charge < -0.3 is 9.84 Å². The Morgan fingerprint density at radius 1 is 1.53 bits per heavy atom. The highest BCUT2D eigenvalue weighted by Crippen LogP contribution is 2.36. The number of benzene rings is 1. The summed E-state index contributed by atoms with van der Waals surface area (Å²) < 4.78 is 5.59. The van der Waals surface area contributed by atoms with E-state index in [0.29, 0.717) is 5.75 Å². The number of hydrogen-bond donors (Lipinski definition) is 1. The molecule has 1 N–H and O–H groups in total. The summed E-state index contributed by atoms with van der Waals surface area (Å²) in [6.45, 7) is 3.54. The first-order valence-electron chi connectivity index (χ1n) is 5.04. The van der Waals surface area contributed by atoms with Crippen LogP contribution in [0.25, 0.3) is 0 Å². The SMILES string of the molecule is CC1Cc2ccccc2OC1(C)C(=O)O. The van der Waals surface area contributed by atoms with E-state index >= 15 is 0 Å². The number of hydrogen-bond acceptors (Lipinski definition) is 2. The number of carboxylic acids is 1. The molecular formula is C12H14O3. The Labute approximate surface area is 88.7 Å². The molecule has 1 aliphatic rings. The molecule has 2 atom stereocenters. The van der Waals surface area contributed by atoms with Crippen LogP contribution in [0.4, 0.5) is 0 Å². The highest BCUT2D eigenvalue weighted by Gasteiger charge is 2.44.